The number of carbonyl (C=O) groups excluding carboxylic acids is 3. The molecule has 9 nitrogen and oxygen atoms in total. The summed E-state index contributed by atoms with van der Waals surface area (Å²) < 4.78 is 16.1. The van der Waals surface area contributed by atoms with E-state index in [4.69, 9.17) is 14.2 Å². The molecule has 1 aliphatic rings. The van der Waals surface area contributed by atoms with Gasteiger partial charge < -0.3 is 29.3 Å². The Balaban J connectivity index is 2.15. The van der Waals surface area contributed by atoms with E-state index < -0.39 is 6.04 Å². The number of hydrogen-bond acceptors (Lipinski definition) is 6. The Bertz CT molecular complexity index is 832. The third kappa shape index (κ3) is 6.09. The van der Waals surface area contributed by atoms with Crippen molar-refractivity contribution >= 4 is 17.7 Å². The first kappa shape index (κ1) is 26.3. The van der Waals surface area contributed by atoms with Gasteiger partial charge in [0, 0.05) is 37.7 Å². The predicted molar refractivity (Wildman–Crippen MR) is 125 cm³/mol. The molecule has 2 unspecified atom stereocenters. The molecule has 0 aromatic heterocycles. The number of nitrogens with zero attached hydrogens (tertiary/aromatic N) is 2. The number of rotatable bonds is 9. The van der Waals surface area contributed by atoms with Crippen LogP contribution in [0.25, 0.3) is 0 Å². The van der Waals surface area contributed by atoms with Gasteiger partial charge in [-0.25, -0.2) is 0 Å². The summed E-state index contributed by atoms with van der Waals surface area (Å²) in [6, 6.07) is 2.49. The zero-order valence-electron chi connectivity index (χ0n) is 20.8. The molecular weight excluding hydrogens is 426 g/mol. The van der Waals surface area contributed by atoms with Gasteiger partial charge in [-0.1, -0.05) is 20.8 Å². The lowest BCUT2D eigenvalue weighted by Crippen LogP contribution is -2.59. The van der Waals surface area contributed by atoms with Gasteiger partial charge in [-0.15, -0.1) is 0 Å². The zero-order valence-corrected chi connectivity index (χ0v) is 20.8. The average Bonchev–Trinajstić information content (AvgIpc) is 2.80. The Labute approximate surface area is 196 Å². The van der Waals surface area contributed by atoms with Crippen LogP contribution in [0.1, 0.15) is 50.9 Å². The molecule has 1 heterocycles. The molecule has 1 aromatic rings. The smallest absolute Gasteiger partial charge is 0.254 e. The number of benzene rings is 1. The molecule has 33 heavy (non-hydrogen) atoms. The number of methoxy groups -OCH3 is 3. The lowest BCUT2D eigenvalue weighted by atomic mass is 10.0. The van der Waals surface area contributed by atoms with Gasteiger partial charge in [0.25, 0.3) is 5.91 Å². The molecular formula is C24H37N3O6. The van der Waals surface area contributed by atoms with Crippen LogP contribution in [0.5, 0.6) is 17.2 Å². The molecule has 1 saturated heterocycles. The third-order valence-electron chi connectivity index (χ3n) is 5.84. The summed E-state index contributed by atoms with van der Waals surface area (Å²) in [6.07, 6.45) is 1.12. The highest BCUT2D eigenvalue weighted by Gasteiger charge is 2.35. The summed E-state index contributed by atoms with van der Waals surface area (Å²) in [5.41, 5.74) is 0.419. The topological polar surface area (TPSA) is 97.4 Å². The van der Waals surface area contributed by atoms with Crippen LogP contribution in [0.3, 0.4) is 0 Å². The van der Waals surface area contributed by atoms with E-state index in [-0.39, 0.29) is 29.7 Å². The Hall–Kier alpha value is -2.97. The van der Waals surface area contributed by atoms with Crippen molar-refractivity contribution in [3.8, 4) is 17.2 Å². The quantitative estimate of drug-likeness (QED) is 0.604. The first-order valence-corrected chi connectivity index (χ1v) is 11.4. The average molecular weight is 464 g/mol. The van der Waals surface area contributed by atoms with Crippen LogP contribution in [-0.2, 0) is 9.59 Å². The molecule has 0 saturated carbocycles. The van der Waals surface area contributed by atoms with Gasteiger partial charge in [0.15, 0.2) is 11.5 Å². The van der Waals surface area contributed by atoms with Gasteiger partial charge in [-0.2, -0.15) is 0 Å². The second-order valence-corrected chi connectivity index (χ2v) is 8.59. The van der Waals surface area contributed by atoms with Gasteiger partial charge in [-0.05, 0) is 31.4 Å². The number of ether oxygens (including phenoxy) is 3. The molecule has 9 heteroatoms. The summed E-state index contributed by atoms with van der Waals surface area (Å²) in [6.45, 7) is 8.85. The van der Waals surface area contributed by atoms with Crippen molar-refractivity contribution in [2.75, 3.05) is 41.0 Å². The fourth-order valence-electron chi connectivity index (χ4n) is 4.01. The molecule has 0 radical (unpaired) electrons. The van der Waals surface area contributed by atoms with E-state index in [1.807, 2.05) is 27.7 Å². The van der Waals surface area contributed by atoms with Crippen molar-refractivity contribution in [1.82, 2.24) is 15.1 Å². The molecule has 2 rings (SSSR count). The van der Waals surface area contributed by atoms with Crippen molar-refractivity contribution in [3.05, 3.63) is 17.7 Å². The lowest BCUT2D eigenvalue weighted by molar-refractivity contribution is -0.139. The van der Waals surface area contributed by atoms with Crippen molar-refractivity contribution in [2.24, 2.45) is 5.92 Å². The standard InChI is InChI=1S/C24H37N3O6/c1-8-9-20(28)25-21(15(2)3)24(30)26-10-11-27(16(4)14-26)23(29)17-12-18(31-5)22(33-7)19(13-17)32-6/h12-13,15-16,21H,8-11,14H2,1-7H3,(H,25,28). The predicted octanol–water partition coefficient (Wildman–Crippen LogP) is 2.33. The maximum absolute atomic E-state index is 13.3. The molecule has 3 amide bonds. The highest BCUT2D eigenvalue weighted by atomic mass is 16.5. The monoisotopic (exact) mass is 463 g/mol. The van der Waals surface area contributed by atoms with Crippen molar-refractivity contribution in [3.63, 3.8) is 0 Å². The van der Waals surface area contributed by atoms with Gasteiger partial charge in [0.2, 0.25) is 17.6 Å². The second kappa shape index (κ2) is 11.8. The van der Waals surface area contributed by atoms with Crippen LogP contribution >= 0.6 is 0 Å². The maximum atomic E-state index is 13.3. The minimum absolute atomic E-state index is 0.0347. The summed E-state index contributed by atoms with van der Waals surface area (Å²) in [5.74, 6) is 0.798. The SMILES string of the molecule is CCCC(=O)NC(C(=O)N1CCN(C(=O)c2cc(OC)c(OC)c(OC)c2)C(C)C1)C(C)C. The highest BCUT2D eigenvalue weighted by Crippen LogP contribution is 2.38. The van der Waals surface area contributed by atoms with E-state index >= 15 is 0 Å². The van der Waals surface area contributed by atoms with Crippen molar-refractivity contribution in [1.29, 1.82) is 0 Å². The normalized spacial score (nSPS) is 16.9. The van der Waals surface area contributed by atoms with Gasteiger partial charge in [-0.3, -0.25) is 14.4 Å². The van der Waals surface area contributed by atoms with Crippen LogP contribution in [0.15, 0.2) is 12.1 Å². The van der Waals surface area contributed by atoms with Crippen LogP contribution in [0.4, 0.5) is 0 Å². The summed E-state index contributed by atoms with van der Waals surface area (Å²) in [4.78, 5) is 42.0. The number of piperazine rings is 1. The lowest BCUT2D eigenvalue weighted by Gasteiger charge is -2.41. The fourth-order valence-corrected chi connectivity index (χ4v) is 4.01. The third-order valence-corrected chi connectivity index (χ3v) is 5.84. The van der Waals surface area contributed by atoms with Crippen LogP contribution in [0, 0.1) is 5.92 Å². The van der Waals surface area contributed by atoms with E-state index in [0.29, 0.717) is 48.9 Å². The zero-order chi connectivity index (χ0) is 24.7. The van der Waals surface area contributed by atoms with Crippen molar-refractivity contribution < 1.29 is 28.6 Å². The van der Waals surface area contributed by atoms with E-state index in [0.717, 1.165) is 6.42 Å². The van der Waals surface area contributed by atoms with E-state index in [1.165, 1.54) is 21.3 Å². The Morgan fingerprint density at radius 2 is 1.67 bits per heavy atom. The molecule has 184 valence electrons. The molecule has 0 spiro atoms. The fraction of sp³-hybridized carbons (Fsp3) is 0.625. The minimum atomic E-state index is -0.575. The minimum Gasteiger partial charge on any atom is -0.493 e. The Morgan fingerprint density at radius 1 is 1.06 bits per heavy atom. The maximum Gasteiger partial charge on any atom is 0.254 e. The first-order chi connectivity index (χ1) is 15.7. The summed E-state index contributed by atoms with van der Waals surface area (Å²) in [5, 5.41) is 2.87. The second-order valence-electron chi connectivity index (χ2n) is 8.59. The molecule has 2 atom stereocenters. The molecule has 1 aliphatic heterocycles. The van der Waals surface area contributed by atoms with Crippen LogP contribution < -0.4 is 19.5 Å². The largest absolute Gasteiger partial charge is 0.493 e. The molecule has 0 aliphatic carbocycles. The molecule has 1 aromatic carbocycles. The highest BCUT2D eigenvalue weighted by molar-refractivity contribution is 5.96. The number of hydrogen-bond donors (Lipinski definition) is 1. The molecule has 1 fully saturated rings. The number of amides is 3. The van der Waals surface area contributed by atoms with E-state index in [2.05, 4.69) is 5.32 Å². The van der Waals surface area contributed by atoms with Crippen LogP contribution in [0.2, 0.25) is 0 Å². The van der Waals surface area contributed by atoms with Crippen LogP contribution in [-0.4, -0.2) is 80.6 Å². The molecule has 1 N–H and O–H groups in total. The summed E-state index contributed by atoms with van der Waals surface area (Å²) in [7, 11) is 4.52. The van der Waals surface area contributed by atoms with E-state index in [1.54, 1.807) is 21.9 Å². The Morgan fingerprint density at radius 3 is 2.12 bits per heavy atom. The van der Waals surface area contributed by atoms with Crippen molar-refractivity contribution in [2.45, 2.75) is 52.6 Å². The number of nitrogens with one attached hydrogen (secondary N) is 1. The summed E-state index contributed by atoms with van der Waals surface area (Å²) >= 11 is 0. The van der Waals surface area contributed by atoms with Gasteiger partial charge in [0.1, 0.15) is 6.04 Å². The van der Waals surface area contributed by atoms with Gasteiger partial charge in [0.05, 0.1) is 21.3 Å². The Kier molecular flexibility index (Phi) is 9.37. The number of carbonyl (C=O) groups is 3. The van der Waals surface area contributed by atoms with E-state index in [9.17, 15) is 14.4 Å². The van der Waals surface area contributed by atoms with Gasteiger partial charge >= 0.3 is 0 Å². The first-order valence-electron chi connectivity index (χ1n) is 11.4. The molecule has 0 bridgehead atoms.